The van der Waals surface area contributed by atoms with Crippen molar-refractivity contribution in [1.82, 2.24) is 4.98 Å². The molecule has 0 spiro atoms. The van der Waals surface area contributed by atoms with Crippen LogP contribution in [0.3, 0.4) is 0 Å². The van der Waals surface area contributed by atoms with Gasteiger partial charge in [0.05, 0.1) is 11.9 Å². The van der Waals surface area contributed by atoms with Crippen molar-refractivity contribution in [2.45, 2.75) is 6.92 Å². The highest BCUT2D eigenvalue weighted by atomic mass is 32.2. The van der Waals surface area contributed by atoms with Crippen LogP contribution in [0.2, 0.25) is 0 Å². The van der Waals surface area contributed by atoms with E-state index >= 15 is 0 Å². The monoisotopic (exact) mass is 285 g/mol. The first-order chi connectivity index (χ1) is 9.75. The van der Waals surface area contributed by atoms with Crippen molar-refractivity contribution in [2.75, 3.05) is 35.2 Å². The van der Waals surface area contributed by atoms with Crippen molar-refractivity contribution in [1.29, 1.82) is 0 Å². The fourth-order valence-electron chi connectivity index (χ4n) is 2.53. The van der Waals surface area contributed by atoms with Crippen LogP contribution in [0.25, 0.3) is 11.1 Å². The second-order valence-electron chi connectivity index (χ2n) is 5.04. The first-order valence-corrected chi connectivity index (χ1v) is 8.05. The Balaban J connectivity index is 2.00. The molecule has 3 nitrogen and oxygen atoms in total. The Kier molecular flexibility index (Phi) is 3.83. The molecule has 0 radical (unpaired) electrons. The van der Waals surface area contributed by atoms with Gasteiger partial charge in [0.1, 0.15) is 5.82 Å². The number of nitrogen functional groups attached to an aromatic ring is 1. The zero-order valence-corrected chi connectivity index (χ0v) is 12.5. The SMILES string of the molecule is Cc1ccccc1-c1cc(N2CCSCC2)ncc1N. The van der Waals surface area contributed by atoms with Crippen LogP contribution in [0.4, 0.5) is 11.5 Å². The van der Waals surface area contributed by atoms with Crippen LogP contribution in [-0.2, 0) is 0 Å². The predicted molar refractivity (Wildman–Crippen MR) is 88.4 cm³/mol. The standard InChI is InChI=1S/C16H19N3S/c1-12-4-2-3-5-13(12)14-10-16(18-11-15(14)17)19-6-8-20-9-7-19/h2-5,10-11H,6-9,17H2,1H3. The number of benzene rings is 1. The average molecular weight is 285 g/mol. The number of hydrogen-bond acceptors (Lipinski definition) is 4. The minimum Gasteiger partial charge on any atom is -0.397 e. The van der Waals surface area contributed by atoms with Gasteiger partial charge in [-0.25, -0.2) is 4.98 Å². The van der Waals surface area contributed by atoms with Crippen molar-refractivity contribution in [3.05, 3.63) is 42.1 Å². The number of nitrogens with two attached hydrogens (primary N) is 1. The summed E-state index contributed by atoms with van der Waals surface area (Å²) < 4.78 is 0. The van der Waals surface area contributed by atoms with E-state index in [0.29, 0.717) is 0 Å². The zero-order chi connectivity index (χ0) is 13.9. The molecule has 1 saturated heterocycles. The maximum Gasteiger partial charge on any atom is 0.129 e. The lowest BCUT2D eigenvalue weighted by Gasteiger charge is -2.28. The van der Waals surface area contributed by atoms with Crippen molar-refractivity contribution >= 4 is 23.3 Å². The third kappa shape index (κ3) is 2.61. The largest absolute Gasteiger partial charge is 0.397 e. The Labute approximate surface area is 124 Å². The molecular formula is C16H19N3S. The second-order valence-corrected chi connectivity index (χ2v) is 6.27. The summed E-state index contributed by atoms with van der Waals surface area (Å²) in [6, 6.07) is 10.5. The molecule has 104 valence electrons. The normalized spacial score (nSPS) is 15.3. The molecule has 2 N–H and O–H groups in total. The molecule has 0 amide bonds. The summed E-state index contributed by atoms with van der Waals surface area (Å²) in [5, 5.41) is 0. The topological polar surface area (TPSA) is 42.2 Å². The van der Waals surface area contributed by atoms with E-state index in [1.54, 1.807) is 6.20 Å². The van der Waals surface area contributed by atoms with Gasteiger partial charge in [0.2, 0.25) is 0 Å². The van der Waals surface area contributed by atoms with Crippen LogP contribution in [0.15, 0.2) is 36.5 Å². The summed E-state index contributed by atoms with van der Waals surface area (Å²) in [6.45, 7) is 4.25. The van der Waals surface area contributed by atoms with E-state index < -0.39 is 0 Å². The number of thioether (sulfide) groups is 1. The van der Waals surface area contributed by atoms with E-state index in [4.69, 9.17) is 5.73 Å². The van der Waals surface area contributed by atoms with Crippen LogP contribution in [0.1, 0.15) is 5.56 Å². The van der Waals surface area contributed by atoms with E-state index in [1.165, 1.54) is 22.6 Å². The lowest BCUT2D eigenvalue weighted by atomic mass is 10.0. The Bertz CT molecular complexity index is 606. The zero-order valence-electron chi connectivity index (χ0n) is 11.7. The number of aryl methyl sites for hydroxylation is 1. The molecule has 3 rings (SSSR count). The first-order valence-electron chi connectivity index (χ1n) is 6.90. The second kappa shape index (κ2) is 5.75. The van der Waals surface area contributed by atoms with Crippen LogP contribution in [-0.4, -0.2) is 29.6 Å². The number of hydrogen-bond donors (Lipinski definition) is 1. The number of pyridine rings is 1. The van der Waals surface area contributed by atoms with Crippen LogP contribution in [0, 0.1) is 6.92 Å². The summed E-state index contributed by atoms with van der Waals surface area (Å²) in [5.41, 5.74) is 10.4. The molecule has 0 bridgehead atoms. The van der Waals surface area contributed by atoms with Gasteiger partial charge in [0.25, 0.3) is 0 Å². The fourth-order valence-corrected chi connectivity index (χ4v) is 3.43. The molecule has 2 heterocycles. The molecule has 2 aromatic rings. The Morgan fingerprint density at radius 2 is 1.90 bits per heavy atom. The van der Waals surface area contributed by atoms with Crippen LogP contribution >= 0.6 is 11.8 Å². The van der Waals surface area contributed by atoms with Crippen LogP contribution < -0.4 is 10.6 Å². The molecule has 1 aliphatic heterocycles. The molecule has 0 saturated carbocycles. The first kappa shape index (κ1) is 13.3. The molecule has 0 aliphatic carbocycles. The van der Waals surface area contributed by atoms with Crippen molar-refractivity contribution in [2.24, 2.45) is 0 Å². The minimum absolute atomic E-state index is 0.745. The number of rotatable bonds is 2. The minimum atomic E-state index is 0.745. The van der Waals surface area contributed by atoms with E-state index in [1.807, 2.05) is 11.8 Å². The smallest absolute Gasteiger partial charge is 0.129 e. The van der Waals surface area contributed by atoms with Gasteiger partial charge in [-0.1, -0.05) is 24.3 Å². The van der Waals surface area contributed by atoms with Gasteiger partial charge in [0.15, 0.2) is 0 Å². The van der Waals surface area contributed by atoms with E-state index in [2.05, 4.69) is 47.1 Å². The highest BCUT2D eigenvalue weighted by Crippen LogP contribution is 2.31. The molecule has 20 heavy (non-hydrogen) atoms. The quantitative estimate of drug-likeness (QED) is 0.920. The summed E-state index contributed by atoms with van der Waals surface area (Å²) in [5.74, 6) is 3.38. The Morgan fingerprint density at radius 1 is 1.15 bits per heavy atom. The number of nitrogens with zero attached hydrogens (tertiary/aromatic N) is 2. The van der Waals surface area contributed by atoms with Crippen molar-refractivity contribution in [3.63, 3.8) is 0 Å². The average Bonchev–Trinajstić information content (AvgIpc) is 2.49. The lowest BCUT2D eigenvalue weighted by molar-refractivity contribution is 0.840. The summed E-state index contributed by atoms with van der Waals surface area (Å²) >= 11 is 2.01. The molecular weight excluding hydrogens is 266 g/mol. The molecule has 0 atom stereocenters. The molecule has 1 aromatic carbocycles. The van der Waals surface area contributed by atoms with Gasteiger partial charge < -0.3 is 10.6 Å². The summed E-state index contributed by atoms with van der Waals surface area (Å²) in [4.78, 5) is 6.85. The van der Waals surface area contributed by atoms with Crippen molar-refractivity contribution < 1.29 is 0 Å². The third-order valence-electron chi connectivity index (χ3n) is 3.69. The van der Waals surface area contributed by atoms with Gasteiger partial charge in [-0.15, -0.1) is 0 Å². The highest BCUT2D eigenvalue weighted by Gasteiger charge is 2.14. The summed E-state index contributed by atoms with van der Waals surface area (Å²) in [6.07, 6.45) is 1.79. The maximum absolute atomic E-state index is 6.13. The van der Waals surface area contributed by atoms with Gasteiger partial charge in [-0.2, -0.15) is 11.8 Å². The molecule has 0 unspecified atom stereocenters. The molecule has 1 aromatic heterocycles. The van der Waals surface area contributed by atoms with E-state index in [0.717, 1.165) is 30.2 Å². The van der Waals surface area contributed by atoms with Crippen molar-refractivity contribution in [3.8, 4) is 11.1 Å². The van der Waals surface area contributed by atoms with Crippen LogP contribution in [0.5, 0.6) is 0 Å². The van der Waals surface area contributed by atoms with Gasteiger partial charge in [-0.3, -0.25) is 0 Å². The molecule has 1 aliphatic rings. The van der Waals surface area contributed by atoms with Gasteiger partial charge in [-0.05, 0) is 24.1 Å². The Hall–Kier alpha value is -1.68. The highest BCUT2D eigenvalue weighted by molar-refractivity contribution is 7.99. The number of anilines is 2. The lowest BCUT2D eigenvalue weighted by Crippen LogP contribution is -2.33. The summed E-state index contributed by atoms with van der Waals surface area (Å²) in [7, 11) is 0. The van der Waals surface area contributed by atoms with E-state index in [-0.39, 0.29) is 0 Å². The third-order valence-corrected chi connectivity index (χ3v) is 4.63. The predicted octanol–water partition coefficient (Wildman–Crippen LogP) is 3.19. The fraction of sp³-hybridized carbons (Fsp3) is 0.312. The Morgan fingerprint density at radius 3 is 2.65 bits per heavy atom. The number of aromatic nitrogens is 1. The van der Waals surface area contributed by atoms with Gasteiger partial charge in [0, 0.05) is 30.2 Å². The maximum atomic E-state index is 6.13. The molecule has 4 heteroatoms. The van der Waals surface area contributed by atoms with Gasteiger partial charge >= 0.3 is 0 Å². The molecule has 1 fully saturated rings. The van der Waals surface area contributed by atoms with E-state index in [9.17, 15) is 0 Å².